The topological polar surface area (TPSA) is 250 Å². The highest BCUT2D eigenvalue weighted by Crippen LogP contribution is 2.22. The van der Waals surface area contributed by atoms with E-state index >= 15 is 0 Å². The predicted molar refractivity (Wildman–Crippen MR) is 166 cm³/mol. The van der Waals surface area contributed by atoms with E-state index < -0.39 is 61.3 Å². The molecule has 9 N–H and O–H groups in total. The second-order valence-corrected chi connectivity index (χ2v) is 11.9. The Kier molecular flexibility index (Phi) is 15.7. The number of ether oxygens (including phenoxy) is 2. The van der Waals surface area contributed by atoms with Crippen LogP contribution in [0, 0.1) is 0 Å². The van der Waals surface area contributed by atoms with Crippen LogP contribution in [0.1, 0.15) is 12.0 Å². The number of anilines is 1. The number of carbonyl (C=O) groups is 3. The Hall–Kier alpha value is -2.97. The van der Waals surface area contributed by atoms with Gasteiger partial charge in [0.1, 0.15) is 30.5 Å². The van der Waals surface area contributed by atoms with Crippen molar-refractivity contribution in [1.82, 2.24) is 19.6 Å². The van der Waals surface area contributed by atoms with Crippen molar-refractivity contribution in [2.75, 3.05) is 90.9 Å². The van der Waals surface area contributed by atoms with Crippen molar-refractivity contribution in [3.05, 3.63) is 29.8 Å². The fourth-order valence-electron chi connectivity index (χ4n) is 5.74. The molecule has 2 fully saturated rings. The largest absolute Gasteiger partial charge is 0.480 e. The molecule has 1 aromatic carbocycles. The Labute approximate surface area is 273 Å². The Balaban J connectivity index is 1.70. The minimum absolute atomic E-state index is 0.00261. The lowest BCUT2D eigenvalue weighted by atomic mass is 9.99. The van der Waals surface area contributed by atoms with Gasteiger partial charge in [-0.25, -0.2) is 0 Å². The van der Waals surface area contributed by atoms with Crippen molar-refractivity contribution >= 4 is 23.6 Å². The zero-order valence-corrected chi connectivity index (χ0v) is 26.4. The lowest BCUT2D eigenvalue weighted by Gasteiger charge is -2.40. The molecule has 0 saturated carbocycles. The number of carboxylic acids is 3. The molecule has 0 radical (unpaired) electrons. The second-order valence-electron chi connectivity index (χ2n) is 11.9. The van der Waals surface area contributed by atoms with Gasteiger partial charge < -0.3 is 51.0 Å². The van der Waals surface area contributed by atoms with Crippen molar-refractivity contribution in [2.45, 2.75) is 49.6 Å². The molecule has 0 spiro atoms. The molecule has 2 saturated heterocycles. The molecule has 6 atom stereocenters. The highest BCUT2D eigenvalue weighted by atomic mass is 16.7. The summed E-state index contributed by atoms with van der Waals surface area (Å²) >= 11 is 0. The molecule has 2 aliphatic heterocycles. The maximum atomic E-state index is 12.5. The lowest BCUT2D eigenvalue weighted by Crippen LogP contribution is -2.59. The minimum Gasteiger partial charge on any atom is -0.480 e. The van der Waals surface area contributed by atoms with E-state index in [1.165, 1.54) is 0 Å². The van der Waals surface area contributed by atoms with Gasteiger partial charge in [-0.05, 0) is 30.5 Å². The smallest absolute Gasteiger partial charge is 0.320 e. The molecule has 47 heavy (non-hydrogen) atoms. The summed E-state index contributed by atoms with van der Waals surface area (Å²) in [6.45, 7) is 1.50. The number of aliphatic hydroxyl groups excluding tert-OH is 4. The van der Waals surface area contributed by atoms with Gasteiger partial charge in [-0.15, -0.1) is 0 Å². The van der Waals surface area contributed by atoms with E-state index in [1.54, 1.807) is 26.8 Å². The van der Waals surface area contributed by atoms with Gasteiger partial charge in [0.2, 0.25) is 0 Å². The van der Waals surface area contributed by atoms with Crippen molar-refractivity contribution in [3.8, 4) is 0 Å². The summed E-state index contributed by atoms with van der Waals surface area (Å²) < 4.78 is 11.0. The zero-order chi connectivity index (χ0) is 34.5. The van der Waals surface area contributed by atoms with E-state index in [1.807, 2.05) is 17.0 Å². The monoisotopic (exact) mass is 671 g/mol. The zero-order valence-electron chi connectivity index (χ0n) is 26.4. The number of hydrogen-bond donors (Lipinski definition) is 8. The number of carboxylic acid groups (broad SMARTS) is 3. The molecule has 1 unspecified atom stereocenters. The Morgan fingerprint density at radius 1 is 0.809 bits per heavy atom. The number of aliphatic hydroxyl groups is 4. The lowest BCUT2D eigenvalue weighted by molar-refractivity contribution is -0.301. The van der Waals surface area contributed by atoms with E-state index in [0.29, 0.717) is 44.7 Å². The fourth-order valence-corrected chi connectivity index (χ4v) is 5.74. The summed E-state index contributed by atoms with van der Waals surface area (Å²) in [6.07, 6.45) is -6.31. The first-order valence-electron chi connectivity index (χ1n) is 15.7. The van der Waals surface area contributed by atoms with Crippen molar-refractivity contribution in [1.29, 1.82) is 0 Å². The predicted octanol–water partition coefficient (Wildman–Crippen LogP) is -3.14. The van der Waals surface area contributed by atoms with Gasteiger partial charge in [-0.1, -0.05) is 12.1 Å². The first kappa shape index (κ1) is 38.5. The van der Waals surface area contributed by atoms with Gasteiger partial charge in [0.15, 0.2) is 6.29 Å². The molecular formula is C30H49N5O12. The number of hydrogen-bond acceptors (Lipinski definition) is 14. The second kappa shape index (κ2) is 19.1. The minimum atomic E-state index is -1.58. The number of benzene rings is 1. The van der Waals surface area contributed by atoms with Crippen LogP contribution in [0.4, 0.5) is 5.69 Å². The third-order valence-corrected chi connectivity index (χ3v) is 8.54. The van der Waals surface area contributed by atoms with Crippen molar-refractivity contribution in [2.24, 2.45) is 0 Å². The first-order chi connectivity index (χ1) is 22.4. The van der Waals surface area contributed by atoms with E-state index in [9.17, 15) is 50.1 Å². The van der Waals surface area contributed by atoms with E-state index in [0.717, 1.165) is 5.56 Å². The van der Waals surface area contributed by atoms with Crippen LogP contribution in [0.15, 0.2) is 24.3 Å². The molecule has 2 heterocycles. The molecule has 17 nitrogen and oxygen atoms in total. The molecule has 0 aromatic heterocycles. The quantitative estimate of drug-likeness (QED) is 0.0910. The normalized spacial score (nSPS) is 27.0. The molecule has 0 amide bonds. The standard InChI is InChI=1S/C30H49N5O12/c31-21-4-1-20(2-5-21)3-6-22(29(44)45)35-13-11-33(17-24(37)38)9-7-32(8-10-34(12-14-35)18-25(39)40)15-16-46-30-28(43)27(42)26(41)23(19-36)47-30/h1-2,4-5,22-23,26-28,30,36,41-43H,3,6-19,31H2,(H,37,38)(H,39,40)(H,44,45)/t22?,23-,26+,27+,28-,30-/m1/s1. The van der Waals surface area contributed by atoms with Crippen molar-refractivity contribution in [3.63, 3.8) is 0 Å². The number of aryl methyl sites for hydroxylation is 1. The highest BCUT2D eigenvalue weighted by Gasteiger charge is 2.44. The maximum absolute atomic E-state index is 12.5. The molecular weight excluding hydrogens is 622 g/mol. The van der Waals surface area contributed by atoms with Crippen LogP contribution < -0.4 is 5.73 Å². The Morgan fingerprint density at radius 3 is 1.85 bits per heavy atom. The van der Waals surface area contributed by atoms with Crippen LogP contribution in [-0.2, 0) is 30.3 Å². The SMILES string of the molecule is Nc1ccc(CCC(C(=O)O)N2CCN(CC(=O)O)CCN(CCO[C@@H]3O[C@H](CO)[C@H](O)[C@H](O)[C@H]3O)CCN(CC(=O)O)CC2)cc1. The summed E-state index contributed by atoms with van der Waals surface area (Å²) in [4.78, 5) is 43.0. The third kappa shape index (κ3) is 12.5. The average molecular weight is 672 g/mol. The molecule has 266 valence electrons. The van der Waals surface area contributed by atoms with Gasteiger partial charge in [-0.2, -0.15) is 0 Å². The van der Waals surface area contributed by atoms with Gasteiger partial charge in [0.05, 0.1) is 26.3 Å². The number of nitrogens with zero attached hydrogens (tertiary/aromatic N) is 4. The van der Waals surface area contributed by atoms with Crippen LogP contribution in [0.25, 0.3) is 0 Å². The van der Waals surface area contributed by atoms with Gasteiger partial charge in [-0.3, -0.25) is 34.0 Å². The van der Waals surface area contributed by atoms with Crippen molar-refractivity contribution < 1.29 is 59.6 Å². The van der Waals surface area contributed by atoms with E-state index in [2.05, 4.69) is 0 Å². The summed E-state index contributed by atoms with van der Waals surface area (Å²) in [5, 5.41) is 69.1. The van der Waals surface area contributed by atoms with Gasteiger partial charge in [0, 0.05) is 64.6 Å². The molecule has 0 bridgehead atoms. The molecule has 3 rings (SSSR count). The van der Waals surface area contributed by atoms with Crippen LogP contribution in [0.3, 0.4) is 0 Å². The fraction of sp³-hybridized carbons (Fsp3) is 0.700. The summed E-state index contributed by atoms with van der Waals surface area (Å²) in [5.74, 6) is -3.09. The van der Waals surface area contributed by atoms with Crippen LogP contribution >= 0.6 is 0 Å². The van der Waals surface area contributed by atoms with Crippen LogP contribution in [0.2, 0.25) is 0 Å². The Bertz CT molecular complexity index is 1100. The van der Waals surface area contributed by atoms with Gasteiger partial charge >= 0.3 is 17.9 Å². The number of aliphatic carboxylic acids is 3. The van der Waals surface area contributed by atoms with Crippen LogP contribution in [0.5, 0.6) is 0 Å². The number of nitrogens with two attached hydrogens (primary N) is 1. The number of rotatable bonds is 14. The summed E-state index contributed by atoms with van der Waals surface area (Å²) in [7, 11) is 0. The maximum Gasteiger partial charge on any atom is 0.320 e. The molecule has 1 aromatic rings. The first-order valence-corrected chi connectivity index (χ1v) is 15.7. The van der Waals surface area contributed by atoms with Gasteiger partial charge in [0.25, 0.3) is 0 Å². The highest BCUT2D eigenvalue weighted by molar-refractivity contribution is 5.73. The molecule has 2 aliphatic rings. The summed E-state index contributed by atoms with van der Waals surface area (Å²) in [6, 6.07) is 6.30. The number of nitrogen functional groups attached to an aromatic ring is 1. The molecule has 0 aliphatic carbocycles. The van der Waals surface area contributed by atoms with Crippen LogP contribution in [-0.4, -0.2) is 195 Å². The third-order valence-electron chi connectivity index (χ3n) is 8.54. The summed E-state index contributed by atoms with van der Waals surface area (Å²) in [5.41, 5.74) is 7.30. The average Bonchev–Trinajstić information content (AvgIpc) is 3.01. The van der Waals surface area contributed by atoms with E-state index in [4.69, 9.17) is 15.2 Å². The van der Waals surface area contributed by atoms with E-state index in [-0.39, 0.29) is 52.4 Å². The Morgan fingerprint density at radius 2 is 1.34 bits per heavy atom. The molecule has 17 heteroatoms.